The first-order valence-corrected chi connectivity index (χ1v) is 12.7. The molecule has 1 N–H and O–H groups in total. The second-order valence-corrected chi connectivity index (χ2v) is 9.29. The number of ketones is 1. The quantitative estimate of drug-likeness (QED) is 0.233. The van der Waals surface area contributed by atoms with E-state index in [1.54, 1.807) is 18.2 Å². The number of carbonyl (C=O) groups excluding carboxylic acids is 2. The fourth-order valence-electron chi connectivity index (χ4n) is 4.98. The zero-order valence-corrected chi connectivity index (χ0v) is 22.7. The maximum Gasteiger partial charge on any atom is 0.300 e. The SMILES string of the molecule is CCN(CC)c1ccc(C2/C(=C(\O)c3cc(OC)ccc3OC)C(=O)C(=O)N2c2cc(C)ccc2C)cc1. The number of Topliss-reactive ketones (excluding diaryl/α,β-unsaturated/α-hetero) is 1. The number of carbonyl (C=O) groups is 2. The van der Waals surface area contributed by atoms with E-state index in [2.05, 4.69) is 18.7 Å². The number of hydrogen-bond donors (Lipinski definition) is 1. The Morgan fingerprint density at radius 2 is 1.61 bits per heavy atom. The molecule has 1 fully saturated rings. The zero-order valence-electron chi connectivity index (χ0n) is 22.7. The van der Waals surface area contributed by atoms with Gasteiger partial charge in [0, 0.05) is 24.5 Å². The molecule has 1 aliphatic rings. The van der Waals surface area contributed by atoms with Crippen LogP contribution in [0.4, 0.5) is 11.4 Å². The van der Waals surface area contributed by atoms with Crippen molar-refractivity contribution in [3.63, 3.8) is 0 Å². The highest BCUT2D eigenvalue weighted by molar-refractivity contribution is 6.51. The lowest BCUT2D eigenvalue weighted by molar-refractivity contribution is -0.132. The number of aryl methyl sites for hydroxylation is 2. The second-order valence-electron chi connectivity index (χ2n) is 9.29. The van der Waals surface area contributed by atoms with Crippen molar-refractivity contribution in [2.75, 3.05) is 37.1 Å². The Labute approximate surface area is 223 Å². The van der Waals surface area contributed by atoms with Gasteiger partial charge in [0.15, 0.2) is 0 Å². The minimum Gasteiger partial charge on any atom is -0.507 e. The normalized spacial score (nSPS) is 16.6. The number of ether oxygens (including phenoxy) is 2. The molecule has 3 aromatic rings. The van der Waals surface area contributed by atoms with Crippen molar-refractivity contribution >= 4 is 28.8 Å². The van der Waals surface area contributed by atoms with Crippen molar-refractivity contribution in [2.45, 2.75) is 33.7 Å². The summed E-state index contributed by atoms with van der Waals surface area (Å²) in [5, 5.41) is 11.6. The van der Waals surface area contributed by atoms with Crippen LogP contribution in [0.2, 0.25) is 0 Å². The van der Waals surface area contributed by atoms with Crippen LogP contribution in [-0.2, 0) is 9.59 Å². The van der Waals surface area contributed by atoms with Gasteiger partial charge < -0.3 is 19.5 Å². The Hall–Kier alpha value is -4.26. The number of rotatable bonds is 8. The van der Waals surface area contributed by atoms with Crippen molar-refractivity contribution in [1.82, 2.24) is 0 Å². The van der Waals surface area contributed by atoms with Crippen LogP contribution in [0.3, 0.4) is 0 Å². The molecule has 1 aliphatic heterocycles. The summed E-state index contributed by atoms with van der Waals surface area (Å²) in [4.78, 5) is 30.9. The van der Waals surface area contributed by atoms with Gasteiger partial charge in [-0.05, 0) is 80.8 Å². The van der Waals surface area contributed by atoms with Gasteiger partial charge in [-0.15, -0.1) is 0 Å². The maximum atomic E-state index is 13.6. The summed E-state index contributed by atoms with van der Waals surface area (Å²) in [7, 11) is 3.00. The average Bonchev–Trinajstić information content (AvgIpc) is 3.20. The molecular formula is C31H34N2O5. The Balaban J connectivity index is 1.98. The van der Waals surface area contributed by atoms with Gasteiger partial charge in [0.05, 0.1) is 31.4 Å². The number of benzene rings is 3. The number of amides is 1. The van der Waals surface area contributed by atoms with Gasteiger partial charge in [0.25, 0.3) is 11.7 Å². The molecule has 4 rings (SSSR count). The third-order valence-corrected chi connectivity index (χ3v) is 7.07. The Kier molecular flexibility index (Phi) is 7.76. The highest BCUT2D eigenvalue weighted by atomic mass is 16.5. The molecule has 3 aromatic carbocycles. The van der Waals surface area contributed by atoms with Gasteiger partial charge in [-0.1, -0.05) is 24.3 Å². The first-order chi connectivity index (χ1) is 18.2. The van der Waals surface area contributed by atoms with Crippen LogP contribution >= 0.6 is 0 Å². The smallest absolute Gasteiger partial charge is 0.300 e. The molecule has 0 saturated carbocycles. The molecule has 0 aliphatic carbocycles. The molecular weight excluding hydrogens is 480 g/mol. The highest BCUT2D eigenvalue weighted by Crippen LogP contribution is 2.45. The summed E-state index contributed by atoms with van der Waals surface area (Å²) < 4.78 is 10.8. The van der Waals surface area contributed by atoms with Crippen molar-refractivity contribution in [3.8, 4) is 11.5 Å². The van der Waals surface area contributed by atoms with Crippen LogP contribution in [-0.4, -0.2) is 44.1 Å². The second kappa shape index (κ2) is 11.0. The van der Waals surface area contributed by atoms with Crippen LogP contribution in [0.15, 0.2) is 66.2 Å². The molecule has 1 amide bonds. The van der Waals surface area contributed by atoms with Crippen molar-refractivity contribution in [2.24, 2.45) is 0 Å². The molecule has 0 aromatic heterocycles. The first-order valence-electron chi connectivity index (χ1n) is 12.7. The van der Waals surface area contributed by atoms with E-state index < -0.39 is 17.7 Å². The number of anilines is 2. The lowest BCUT2D eigenvalue weighted by Gasteiger charge is -2.28. The van der Waals surface area contributed by atoms with Crippen molar-refractivity contribution in [1.29, 1.82) is 0 Å². The zero-order chi connectivity index (χ0) is 27.6. The number of aliphatic hydroxyl groups is 1. The van der Waals surface area contributed by atoms with E-state index in [0.29, 0.717) is 22.7 Å². The van der Waals surface area contributed by atoms with Crippen molar-refractivity contribution < 1.29 is 24.2 Å². The lowest BCUT2D eigenvalue weighted by atomic mass is 9.94. The number of aliphatic hydroxyl groups excluding tert-OH is 1. The monoisotopic (exact) mass is 514 g/mol. The van der Waals surface area contributed by atoms with E-state index >= 15 is 0 Å². The van der Waals surface area contributed by atoms with Crippen LogP contribution in [0.1, 0.15) is 42.1 Å². The molecule has 38 heavy (non-hydrogen) atoms. The van der Waals surface area contributed by atoms with Gasteiger partial charge in [-0.3, -0.25) is 14.5 Å². The van der Waals surface area contributed by atoms with Gasteiger partial charge in [-0.2, -0.15) is 0 Å². The fraction of sp³-hybridized carbons (Fsp3) is 0.290. The fourth-order valence-corrected chi connectivity index (χ4v) is 4.98. The average molecular weight is 515 g/mol. The number of methoxy groups -OCH3 is 2. The van der Waals surface area contributed by atoms with Crippen LogP contribution in [0, 0.1) is 13.8 Å². The summed E-state index contributed by atoms with van der Waals surface area (Å²) in [6, 6.07) is 17.7. The molecule has 7 heteroatoms. The molecule has 0 spiro atoms. The van der Waals surface area contributed by atoms with E-state index in [1.807, 2.05) is 56.3 Å². The predicted molar refractivity (Wildman–Crippen MR) is 150 cm³/mol. The summed E-state index contributed by atoms with van der Waals surface area (Å²) in [5.74, 6) is -0.927. The highest BCUT2D eigenvalue weighted by Gasteiger charge is 2.47. The minimum absolute atomic E-state index is 0.00181. The molecule has 1 heterocycles. The first kappa shape index (κ1) is 26.8. The molecule has 198 valence electrons. The Morgan fingerprint density at radius 1 is 0.921 bits per heavy atom. The van der Waals surface area contributed by atoms with E-state index in [9.17, 15) is 14.7 Å². The van der Waals surface area contributed by atoms with Crippen LogP contribution in [0.5, 0.6) is 11.5 Å². The number of hydrogen-bond acceptors (Lipinski definition) is 6. The van der Waals surface area contributed by atoms with Gasteiger partial charge in [-0.25, -0.2) is 0 Å². The maximum absolute atomic E-state index is 13.6. The molecule has 0 radical (unpaired) electrons. The molecule has 1 unspecified atom stereocenters. The van der Waals surface area contributed by atoms with E-state index in [0.717, 1.165) is 29.9 Å². The third-order valence-electron chi connectivity index (χ3n) is 7.07. The van der Waals surface area contributed by atoms with Crippen LogP contribution < -0.4 is 19.3 Å². The standard InChI is InChI=1S/C31H34N2O5/c1-7-32(8-2)22-13-11-21(12-14-22)28-27(29(34)24-18-23(37-5)15-16-26(24)38-6)30(35)31(36)33(28)25-17-19(3)9-10-20(25)4/h9-18,28,34H,7-8H2,1-6H3/b29-27+. The van der Waals surface area contributed by atoms with Crippen molar-refractivity contribution in [3.05, 3.63) is 88.5 Å². The molecule has 0 bridgehead atoms. The summed E-state index contributed by atoms with van der Waals surface area (Å²) in [6.07, 6.45) is 0. The van der Waals surface area contributed by atoms with E-state index in [1.165, 1.54) is 19.1 Å². The molecule has 1 atom stereocenters. The minimum atomic E-state index is -0.836. The van der Waals surface area contributed by atoms with Gasteiger partial charge >= 0.3 is 0 Å². The largest absolute Gasteiger partial charge is 0.507 e. The summed E-state index contributed by atoms with van der Waals surface area (Å²) in [6.45, 7) is 9.73. The Bertz CT molecular complexity index is 1390. The van der Waals surface area contributed by atoms with E-state index in [4.69, 9.17) is 9.47 Å². The van der Waals surface area contributed by atoms with E-state index in [-0.39, 0.29) is 16.9 Å². The molecule has 1 saturated heterocycles. The van der Waals surface area contributed by atoms with Gasteiger partial charge in [0.1, 0.15) is 17.3 Å². The predicted octanol–water partition coefficient (Wildman–Crippen LogP) is 5.79. The van der Waals surface area contributed by atoms with Gasteiger partial charge in [0.2, 0.25) is 0 Å². The lowest BCUT2D eigenvalue weighted by Crippen LogP contribution is -2.30. The summed E-state index contributed by atoms with van der Waals surface area (Å²) >= 11 is 0. The summed E-state index contributed by atoms with van der Waals surface area (Å²) in [5.41, 5.74) is 4.45. The Morgan fingerprint density at radius 3 is 2.21 bits per heavy atom. The number of nitrogens with zero attached hydrogens (tertiary/aromatic N) is 2. The van der Waals surface area contributed by atoms with Crippen LogP contribution in [0.25, 0.3) is 5.76 Å². The third kappa shape index (κ3) is 4.72. The molecule has 7 nitrogen and oxygen atoms in total. The topological polar surface area (TPSA) is 79.3 Å².